The lowest BCUT2D eigenvalue weighted by molar-refractivity contribution is -0.155. The molecule has 1 saturated heterocycles. The molecule has 178 valence electrons. The molecule has 1 aromatic heterocycles. The third-order valence-corrected chi connectivity index (χ3v) is 8.27. The van der Waals surface area contributed by atoms with E-state index in [0.29, 0.717) is 18.9 Å². The average Bonchev–Trinajstić information content (AvgIpc) is 3.08. The molecule has 3 aliphatic rings. The van der Waals surface area contributed by atoms with Crippen molar-refractivity contribution in [1.29, 1.82) is 0 Å². The monoisotopic (exact) mass is 467 g/mol. The van der Waals surface area contributed by atoms with Gasteiger partial charge in [0.05, 0.1) is 11.4 Å². The number of aliphatic carboxylic acids is 1. The minimum Gasteiger partial charge on any atom is -0.508 e. The number of hydrogen-bond donors (Lipinski definition) is 2. The van der Waals surface area contributed by atoms with E-state index in [9.17, 15) is 23.8 Å². The van der Waals surface area contributed by atoms with Crippen LogP contribution in [0.1, 0.15) is 61.6 Å². The van der Waals surface area contributed by atoms with Gasteiger partial charge >= 0.3 is 5.97 Å². The Labute approximate surface area is 196 Å². The fraction of sp³-hybridized carbons (Fsp3) is 0.444. The van der Waals surface area contributed by atoms with E-state index in [1.165, 1.54) is 6.07 Å². The number of carboxylic acid groups (broad SMARTS) is 1. The summed E-state index contributed by atoms with van der Waals surface area (Å²) in [7, 11) is 0. The number of ether oxygens (including phenoxy) is 1. The number of carbonyl (C=O) groups is 1. The molecule has 2 saturated carbocycles. The number of phenols is 1. The molecule has 0 unspecified atom stereocenters. The normalized spacial score (nSPS) is 27.0. The lowest BCUT2D eigenvalue weighted by Gasteiger charge is -2.57. The van der Waals surface area contributed by atoms with Crippen molar-refractivity contribution in [2.45, 2.75) is 50.4 Å². The lowest BCUT2D eigenvalue weighted by atomic mass is 9.47. The molecule has 3 fully saturated rings. The third-order valence-electron chi connectivity index (χ3n) is 8.27. The second-order valence-corrected chi connectivity index (χ2v) is 10.4. The maximum atomic E-state index is 14.3. The summed E-state index contributed by atoms with van der Waals surface area (Å²) in [5.41, 5.74) is 3.76. The lowest BCUT2D eigenvalue weighted by Crippen LogP contribution is -2.49. The Balaban J connectivity index is 1.50. The van der Waals surface area contributed by atoms with Gasteiger partial charge in [-0.05, 0) is 85.8 Å². The molecule has 2 N–H and O–H groups in total. The molecule has 34 heavy (non-hydrogen) atoms. The molecule has 7 heteroatoms. The molecule has 1 aliphatic heterocycles. The maximum Gasteiger partial charge on any atom is 0.306 e. The summed E-state index contributed by atoms with van der Waals surface area (Å²) in [6.45, 7) is 1.28. The zero-order valence-corrected chi connectivity index (χ0v) is 18.8. The number of fused-ring (bicyclic) bond motifs is 1. The third kappa shape index (κ3) is 3.32. The quantitative estimate of drug-likeness (QED) is 0.504. The second kappa shape index (κ2) is 7.80. The van der Waals surface area contributed by atoms with Crippen LogP contribution in [0.3, 0.4) is 0 Å². The summed E-state index contributed by atoms with van der Waals surface area (Å²) in [4.78, 5) is 11.3. The Morgan fingerprint density at radius 1 is 0.971 bits per heavy atom. The maximum absolute atomic E-state index is 14.3. The Morgan fingerprint density at radius 2 is 1.71 bits per heavy atom. The Hall–Kier alpha value is -2.93. The predicted molar refractivity (Wildman–Crippen MR) is 122 cm³/mol. The zero-order chi connectivity index (χ0) is 23.6. The standard InChI is InChI=1S/C27H27F2NO4/c28-21-3-1-18(9-22(21)29)30-23-4-2-19(31)10-20(23)24(25(30)15-5-7-34-8-6-15)16-11-27(12-16)13-17(14-27)26(32)33/h1-4,9-10,15-17,31H,5-8,11-14H2,(H,32,33)/t16-,17-,27?. The van der Waals surface area contributed by atoms with Crippen molar-refractivity contribution in [3.8, 4) is 11.4 Å². The van der Waals surface area contributed by atoms with E-state index in [1.54, 1.807) is 18.2 Å². The van der Waals surface area contributed by atoms with E-state index in [1.807, 2.05) is 10.6 Å². The van der Waals surface area contributed by atoms with Crippen LogP contribution >= 0.6 is 0 Å². The fourth-order valence-electron chi connectivity index (χ4n) is 6.71. The van der Waals surface area contributed by atoms with Crippen molar-refractivity contribution in [2.24, 2.45) is 11.3 Å². The van der Waals surface area contributed by atoms with Gasteiger partial charge in [0, 0.05) is 42.0 Å². The van der Waals surface area contributed by atoms with Gasteiger partial charge in [-0.15, -0.1) is 0 Å². The summed E-state index contributed by atoms with van der Waals surface area (Å²) in [6, 6.07) is 9.24. The van der Waals surface area contributed by atoms with Crippen LogP contribution in [0.5, 0.6) is 5.75 Å². The summed E-state index contributed by atoms with van der Waals surface area (Å²) < 4.78 is 35.7. The Kier molecular flexibility index (Phi) is 4.96. The van der Waals surface area contributed by atoms with Gasteiger partial charge in [0.15, 0.2) is 11.6 Å². The molecule has 6 rings (SSSR count). The average molecular weight is 468 g/mol. The summed E-state index contributed by atoms with van der Waals surface area (Å²) in [5, 5.41) is 20.6. The number of nitrogens with zero attached hydrogens (tertiary/aromatic N) is 1. The number of aromatic hydroxyl groups is 1. The van der Waals surface area contributed by atoms with E-state index in [4.69, 9.17) is 4.74 Å². The molecule has 0 radical (unpaired) electrons. The van der Waals surface area contributed by atoms with Gasteiger partial charge in [-0.1, -0.05) is 0 Å². The molecule has 0 bridgehead atoms. The highest BCUT2D eigenvalue weighted by atomic mass is 19.2. The minimum atomic E-state index is -0.894. The molecule has 3 aromatic rings. The van der Waals surface area contributed by atoms with Crippen molar-refractivity contribution in [2.75, 3.05) is 13.2 Å². The van der Waals surface area contributed by atoms with Crippen LogP contribution in [0.4, 0.5) is 8.78 Å². The highest BCUT2D eigenvalue weighted by Gasteiger charge is 2.56. The molecule has 1 spiro atoms. The van der Waals surface area contributed by atoms with Crippen LogP contribution in [0.2, 0.25) is 0 Å². The van der Waals surface area contributed by atoms with Crippen molar-refractivity contribution in [1.82, 2.24) is 4.57 Å². The summed E-state index contributed by atoms with van der Waals surface area (Å²) >= 11 is 0. The summed E-state index contributed by atoms with van der Waals surface area (Å²) in [6.07, 6.45) is 4.94. The van der Waals surface area contributed by atoms with Crippen LogP contribution < -0.4 is 0 Å². The first kappa shape index (κ1) is 21.6. The first-order chi connectivity index (χ1) is 16.3. The van der Waals surface area contributed by atoms with Crippen LogP contribution in [0, 0.1) is 23.0 Å². The van der Waals surface area contributed by atoms with Gasteiger partial charge < -0.3 is 19.5 Å². The van der Waals surface area contributed by atoms with Gasteiger partial charge in [0.2, 0.25) is 0 Å². The largest absolute Gasteiger partial charge is 0.508 e. The zero-order valence-electron chi connectivity index (χ0n) is 18.8. The highest BCUT2D eigenvalue weighted by Crippen LogP contribution is 2.65. The first-order valence-electron chi connectivity index (χ1n) is 12.0. The van der Waals surface area contributed by atoms with E-state index < -0.39 is 17.6 Å². The van der Waals surface area contributed by atoms with Crippen molar-refractivity contribution in [3.05, 3.63) is 59.3 Å². The van der Waals surface area contributed by atoms with Gasteiger partial charge in [-0.3, -0.25) is 4.79 Å². The van der Waals surface area contributed by atoms with Crippen molar-refractivity contribution >= 4 is 16.9 Å². The molecular weight excluding hydrogens is 440 g/mol. The fourth-order valence-corrected chi connectivity index (χ4v) is 6.71. The van der Waals surface area contributed by atoms with E-state index in [2.05, 4.69) is 0 Å². The Morgan fingerprint density at radius 3 is 2.38 bits per heavy atom. The van der Waals surface area contributed by atoms with Crippen LogP contribution in [-0.4, -0.2) is 34.0 Å². The number of benzene rings is 2. The van der Waals surface area contributed by atoms with Gasteiger partial charge in [-0.2, -0.15) is 0 Å². The highest BCUT2D eigenvalue weighted by molar-refractivity contribution is 5.89. The van der Waals surface area contributed by atoms with Crippen LogP contribution in [0.15, 0.2) is 36.4 Å². The number of aromatic nitrogens is 1. The number of halogens is 2. The van der Waals surface area contributed by atoms with E-state index in [-0.39, 0.29) is 28.9 Å². The van der Waals surface area contributed by atoms with E-state index in [0.717, 1.165) is 66.8 Å². The van der Waals surface area contributed by atoms with Gasteiger partial charge in [0.25, 0.3) is 0 Å². The number of rotatable bonds is 4. The number of phenolic OH excluding ortho intramolecular Hbond substituents is 1. The predicted octanol–water partition coefficient (Wildman–Crippen LogP) is 5.87. The first-order valence-corrected chi connectivity index (χ1v) is 12.0. The SMILES string of the molecule is O=C(O)[C@H]1CC2(C1)C[C@H](c1c(C3CCOCC3)n(-c3ccc(F)c(F)c3)c3ccc(O)cc31)C2. The molecule has 0 amide bonds. The van der Waals surface area contributed by atoms with Crippen molar-refractivity contribution < 1.29 is 28.5 Å². The van der Waals surface area contributed by atoms with Crippen LogP contribution in [-0.2, 0) is 9.53 Å². The van der Waals surface area contributed by atoms with E-state index >= 15 is 0 Å². The molecule has 2 aliphatic carbocycles. The Bertz CT molecular complexity index is 1280. The topological polar surface area (TPSA) is 71.7 Å². The molecule has 2 heterocycles. The minimum absolute atomic E-state index is 0.0912. The molecular formula is C27H27F2NO4. The second-order valence-electron chi connectivity index (χ2n) is 10.4. The molecule has 0 atom stereocenters. The van der Waals surface area contributed by atoms with Crippen molar-refractivity contribution in [3.63, 3.8) is 0 Å². The molecule has 2 aromatic carbocycles. The molecule has 5 nitrogen and oxygen atoms in total. The van der Waals surface area contributed by atoms with Gasteiger partial charge in [-0.25, -0.2) is 8.78 Å². The smallest absolute Gasteiger partial charge is 0.306 e. The summed E-state index contributed by atoms with van der Waals surface area (Å²) in [5.74, 6) is -2.14. The number of carboxylic acids is 1. The van der Waals surface area contributed by atoms with Crippen LogP contribution in [0.25, 0.3) is 16.6 Å². The van der Waals surface area contributed by atoms with Gasteiger partial charge in [0.1, 0.15) is 5.75 Å². The number of hydrogen-bond acceptors (Lipinski definition) is 3.